The Bertz CT molecular complexity index is 1110. The Morgan fingerprint density at radius 3 is 2.92 bits per heavy atom. The number of hydrogen-bond donors (Lipinski definition) is 1. The van der Waals surface area contributed by atoms with E-state index in [1.807, 2.05) is 13.0 Å². The maximum Gasteiger partial charge on any atom is 0.348 e. The molecule has 130 valence electrons. The Morgan fingerprint density at radius 1 is 1.38 bits per heavy atom. The van der Waals surface area contributed by atoms with Crippen LogP contribution in [0.3, 0.4) is 0 Å². The van der Waals surface area contributed by atoms with Crippen molar-refractivity contribution in [2.75, 3.05) is 7.11 Å². The third-order valence-corrected chi connectivity index (χ3v) is 5.78. The van der Waals surface area contributed by atoms with Gasteiger partial charge in [-0.25, -0.2) is 9.78 Å². The van der Waals surface area contributed by atoms with Gasteiger partial charge in [0.2, 0.25) is 0 Å². The van der Waals surface area contributed by atoms with Gasteiger partial charge in [-0.05, 0) is 36.3 Å². The number of aromatic nitrogens is 1. The van der Waals surface area contributed by atoms with Crippen LogP contribution < -0.4 is 0 Å². The number of Topliss-reactive ketones (excluding diaryl/α,β-unsaturated/α-hetero) is 1. The van der Waals surface area contributed by atoms with Crippen LogP contribution in [0.2, 0.25) is 0 Å². The molecule has 0 atom stereocenters. The van der Waals surface area contributed by atoms with Crippen molar-refractivity contribution < 1.29 is 19.4 Å². The van der Waals surface area contributed by atoms with Crippen molar-refractivity contribution in [2.24, 2.45) is 0 Å². The molecule has 0 fully saturated rings. The average molecular weight is 365 g/mol. The van der Waals surface area contributed by atoms with Crippen molar-refractivity contribution in [3.63, 3.8) is 0 Å². The molecule has 0 amide bonds. The summed E-state index contributed by atoms with van der Waals surface area (Å²) in [6.45, 7) is 1.86. The molecule has 0 saturated heterocycles. The van der Waals surface area contributed by atoms with E-state index in [2.05, 4.69) is 4.98 Å². The highest BCUT2D eigenvalue weighted by atomic mass is 32.1. The fourth-order valence-corrected chi connectivity index (χ4v) is 4.27. The third-order valence-electron chi connectivity index (χ3n) is 4.58. The molecule has 0 spiro atoms. The zero-order chi connectivity index (χ0) is 18.4. The van der Waals surface area contributed by atoms with Gasteiger partial charge in [0.15, 0.2) is 5.78 Å². The number of ketones is 1. The van der Waals surface area contributed by atoms with E-state index in [1.165, 1.54) is 18.4 Å². The van der Waals surface area contributed by atoms with Crippen LogP contribution in [0.25, 0.3) is 16.3 Å². The normalized spacial score (nSPS) is 14.8. The van der Waals surface area contributed by atoms with Gasteiger partial charge >= 0.3 is 5.97 Å². The van der Waals surface area contributed by atoms with Gasteiger partial charge in [0, 0.05) is 34.7 Å². The van der Waals surface area contributed by atoms with Crippen LogP contribution in [0.1, 0.15) is 36.7 Å². The van der Waals surface area contributed by atoms with Gasteiger partial charge in [-0.15, -0.1) is 11.3 Å². The van der Waals surface area contributed by atoms with Crippen molar-refractivity contribution in [3.8, 4) is 5.75 Å². The number of aryl methyl sites for hydroxylation is 1. The second kappa shape index (κ2) is 6.07. The number of benzene rings is 1. The molecule has 1 aliphatic carbocycles. The number of hydrogen-bond acceptors (Lipinski definition) is 6. The second-order valence-electron chi connectivity index (χ2n) is 6.15. The van der Waals surface area contributed by atoms with Crippen molar-refractivity contribution in [3.05, 3.63) is 63.2 Å². The summed E-state index contributed by atoms with van der Waals surface area (Å²) in [6.07, 6.45) is 3.88. The van der Waals surface area contributed by atoms with Gasteiger partial charge in [0.25, 0.3) is 0 Å². The predicted octanol–water partition coefficient (Wildman–Crippen LogP) is 3.92. The highest BCUT2D eigenvalue weighted by molar-refractivity contribution is 7.20. The highest BCUT2D eigenvalue weighted by Crippen LogP contribution is 2.35. The van der Waals surface area contributed by atoms with Crippen LogP contribution in [0.5, 0.6) is 5.75 Å². The molecule has 5 nitrogen and oxygen atoms in total. The van der Waals surface area contributed by atoms with Gasteiger partial charge in [0.1, 0.15) is 15.5 Å². The lowest BCUT2D eigenvalue weighted by molar-refractivity contribution is 0.0605. The summed E-state index contributed by atoms with van der Waals surface area (Å²) >= 11 is 1.29. The molecule has 0 saturated carbocycles. The summed E-state index contributed by atoms with van der Waals surface area (Å²) < 4.78 is 4.81. The molecule has 2 heterocycles. The van der Waals surface area contributed by atoms with Crippen molar-refractivity contribution in [2.45, 2.75) is 13.3 Å². The number of esters is 1. The zero-order valence-electron chi connectivity index (χ0n) is 14.2. The lowest BCUT2D eigenvalue weighted by Crippen LogP contribution is -1.99. The van der Waals surface area contributed by atoms with E-state index in [9.17, 15) is 14.7 Å². The van der Waals surface area contributed by atoms with E-state index in [4.69, 9.17) is 4.74 Å². The van der Waals surface area contributed by atoms with Gasteiger partial charge in [0.05, 0.1) is 7.11 Å². The quantitative estimate of drug-likeness (QED) is 0.550. The van der Waals surface area contributed by atoms with Crippen LogP contribution in [0, 0.1) is 6.92 Å². The predicted molar refractivity (Wildman–Crippen MR) is 99.8 cm³/mol. The fraction of sp³-hybridized carbons (Fsp3) is 0.150. The Labute approximate surface area is 153 Å². The molecule has 1 aliphatic rings. The number of phenolic OH excluding ortho intramolecular Hbond substituents is 1. The van der Waals surface area contributed by atoms with E-state index in [0.717, 1.165) is 21.3 Å². The summed E-state index contributed by atoms with van der Waals surface area (Å²) in [4.78, 5) is 30.1. The smallest absolute Gasteiger partial charge is 0.348 e. The Kier molecular flexibility index (Phi) is 3.85. The van der Waals surface area contributed by atoms with Crippen LogP contribution >= 0.6 is 11.3 Å². The number of ether oxygens (including phenoxy) is 1. The van der Waals surface area contributed by atoms with Crippen LogP contribution in [-0.2, 0) is 11.2 Å². The number of aromatic hydroxyl groups is 1. The number of methoxy groups -OCH3 is 1. The molecule has 3 aromatic rings. The highest BCUT2D eigenvalue weighted by Gasteiger charge is 2.27. The lowest BCUT2D eigenvalue weighted by atomic mass is 10.1. The minimum Gasteiger partial charge on any atom is -0.508 e. The van der Waals surface area contributed by atoms with E-state index in [1.54, 1.807) is 30.5 Å². The minimum atomic E-state index is -0.373. The minimum absolute atomic E-state index is 0.0757. The molecular weight excluding hydrogens is 350 g/mol. The summed E-state index contributed by atoms with van der Waals surface area (Å²) in [7, 11) is 1.36. The van der Waals surface area contributed by atoms with E-state index >= 15 is 0 Å². The first kappa shape index (κ1) is 16.5. The summed E-state index contributed by atoms with van der Waals surface area (Å²) in [5.74, 6) is -0.306. The van der Waals surface area contributed by atoms with Gasteiger partial charge < -0.3 is 9.84 Å². The van der Waals surface area contributed by atoms with Gasteiger partial charge in [-0.3, -0.25) is 4.79 Å². The number of carbonyl (C=O) groups excluding carboxylic acids is 2. The molecule has 26 heavy (non-hydrogen) atoms. The number of thiophene rings is 1. The average Bonchev–Trinajstić information content (AvgIpc) is 3.14. The Hall–Kier alpha value is -2.99. The standard InChI is InChI=1S/C20H15NO4S/c1-10-14-7-11(9-21-19(14)26-18(10)20(24)25-2)6-12-8-15-13(17(12)23)4-3-5-16(15)22/h3-7,9,22H,8H2,1-2H3. The van der Waals surface area contributed by atoms with Gasteiger partial charge in [-0.2, -0.15) is 0 Å². The first-order chi connectivity index (χ1) is 12.5. The van der Waals surface area contributed by atoms with E-state index < -0.39 is 0 Å². The maximum absolute atomic E-state index is 12.6. The molecule has 2 aromatic heterocycles. The summed E-state index contributed by atoms with van der Waals surface area (Å²) in [6, 6.07) is 6.91. The number of allylic oxidation sites excluding steroid dienone is 1. The van der Waals surface area contributed by atoms with Crippen LogP contribution in [0.15, 0.2) is 36.0 Å². The monoisotopic (exact) mass is 365 g/mol. The SMILES string of the molecule is COC(=O)c1sc2ncc(C=C3Cc4c(O)cccc4C3=O)cc2c1C. The molecule has 6 heteroatoms. The van der Waals surface area contributed by atoms with Crippen molar-refractivity contribution in [1.29, 1.82) is 0 Å². The molecule has 1 N–H and O–H groups in total. The Balaban J connectivity index is 1.76. The molecule has 4 rings (SSSR count). The number of phenols is 1. The summed E-state index contributed by atoms with van der Waals surface area (Å²) in [5, 5.41) is 10.8. The number of carbonyl (C=O) groups is 2. The molecule has 0 bridgehead atoms. The molecule has 1 aromatic carbocycles. The van der Waals surface area contributed by atoms with Gasteiger partial charge in [-0.1, -0.05) is 12.1 Å². The first-order valence-corrected chi connectivity index (χ1v) is 8.85. The molecule has 0 aliphatic heterocycles. The molecular formula is C20H15NO4S. The Morgan fingerprint density at radius 2 is 2.19 bits per heavy atom. The maximum atomic E-state index is 12.6. The van der Waals surface area contributed by atoms with Crippen molar-refractivity contribution in [1.82, 2.24) is 4.98 Å². The zero-order valence-corrected chi connectivity index (χ0v) is 15.0. The topological polar surface area (TPSA) is 76.5 Å². The molecule has 0 unspecified atom stereocenters. The summed E-state index contributed by atoms with van der Waals surface area (Å²) in [5.41, 5.74) is 3.43. The third kappa shape index (κ3) is 2.50. The second-order valence-corrected chi connectivity index (χ2v) is 7.15. The van der Waals surface area contributed by atoms with E-state index in [-0.39, 0.29) is 17.5 Å². The van der Waals surface area contributed by atoms with Crippen LogP contribution in [0.4, 0.5) is 0 Å². The van der Waals surface area contributed by atoms with E-state index in [0.29, 0.717) is 28.0 Å². The fourth-order valence-electron chi connectivity index (χ4n) is 3.21. The number of pyridine rings is 1. The van der Waals surface area contributed by atoms with Crippen molar-refractivity contribution >= 4 is 39.4 Å². The van der Waals surface area contributed by atoms with Crippen LogP contribution in [-0.4, -0.2) is 29.0 Å². The molecule has 0 radical (unpaired) electrons. The number of rotatable bonds is 2. The first-order valence-electron chi connectivity index (χ1n) is 8.03. The number of fused-ring (bicyclic) bond motifs is 2. The largest absolute Gasteiger partial charge is 0.508 e. The lowest BCUT2D eigenvalue weighted by Gasteiger charge is -1.99. The number of nitrogens with zero attached hydrogens (tertiary/aromatic N) is 1.